The maximum Gasteiger partial charge on any atom is 0.277 e. The van der Waals surface area contributed by atoms with Crippen LogP contribution < -0.4 is 10.8 Å². The minimum atomic E-state index is -1.15. The Hall–Kier alpha value is -2.18. The summed E-state index contributed by atoms with van der Waals surface area (Å²) in [6.07, 6.45) is 8.11. The van der Waals surface area contributed by atoms with E-state index in [-0.39, 0.29) is 11.3 Å². The highest BCUT2D eigenvalue weighted by molar-refractivity contribution is 6.32. The molecule has 1 aromatic rings. The third-order valence-electron chi connectivity index (χ3n) is 4.15. The van der Waals surface area contributed by atoms with Crippen molar-refractivity contribution in [2.24, 2.45) is 5.92 Å². The van der Waals surface area contributed by atoms with Crippen LogP contribution in [-0.2, 0) is 4.84 Å². The van der Waals surface area contributed by atoms with Gasteiger partial charge in [0.15, 0.2) is 11.6 Å². The normalized spacial score (nSPS) is 17.0. The lowest BCUT2D eigenvalue weighted by Gasteiger charge is -2.15. The van der Waals surface area contributed by atoms with Crippen molar-refractivity contribution in [3.63, 3.8) is 0 Å². The van der Waals surface area contributed by atoms with Crippen LogP contribution in [0, 0.1) is 17.6 Å². The molecule has 1 fully saturated rings. The van der Waals surface area contributed by atoms with Gasteiger partial charge in [-0.3, -0.25) is 9.63 Å². The number of amides is 1. The number of hydroxylamine groups is 1. The molecule has 2 aliphatic rings. The summed E-state index contributed by atoms with van der Waals surface area (Å²) in [4.78, 5) is 17.5. The Morgan fingerprint density at radius 1 is 1.31 bits per heavy atom. The molecule has 0 heterocycles. The predicted molar refractivity (Wildman–Crippen MR) is 96.5 cm³/mol. The average molecular weight is 381 g/mol. The molecule has 0 radical (unpaired) electrons. The maximum absolute atomic E-state index is 14.4. The molecule has 1 saturated carbocycles. The summed E-state index contributed by atoms with van der Waals surface area (Å²) < 4.78 is 28.1. The Kier molecular flexibility index (Phi) is 5.74. The largest absolute Gasteiger partial charge is 0.351 e. The zero-order valence-electron chi connectivity index (χ0n) is 14.2. The zero-order chi connectivity index (χ0) is 18.7. The molecule has 26 heavy (non-hydrogen) atoms. The molecule has 2 N–H and O–H groups in total. The summed E-state index contributed by atoms with van der Waals surface area (Å²) >= 11 is 6.23. The lowest BCUT2D eigenvalue weighted by Crippen LogP contribution is -2.26. The van der Waals surface area contributed by atoms with Crippen LogP contribution in [0.15, 0.2) is 46.7 Å². The Balaban J connectivity index is 1.82. The fourth-order valence-corrected chi connectivity index (χ4v) is 2.77. The van der Waals surface area contributed by atoms with Gasteiger partial charge in [0.25, 0.3) is 5.91 Å². The molecule has 1 aromatic carbocycles. The van der Waals surface area contributed by atoms with Gasteiger partial charge in [-0.05, 0) is 50.3 Å². The molecule has 0 bridgehead atoms. The van der Waals surface area contributed by atoms with Crippen LogP contribution in [0.5, 0.6) is 0 Å². The standard InChI is InChI=1S/C19H19ClF2N2O2/c1-11-3-2-4-16(14(20)9-11)23-18-13(7-8-15(21)17(18)22)19(25)24-26-10-12-5-6-12/h3-4,7-9,12,23H,2,5-6,10H2,1H3,(H,24,25). The van der Waals surface area contributed by atoms with Crippen molar-refractivity contribution in [2.45, 2.75) is 26.2 Å². The van der Waals surface area contributed by atoms with Gasteiger partial charge in [-0.15, -0.1) is 0 Å². The van der Waals surface area contributed by atoms with Crippen molar-refractivity contribution in [3.8, 4) is 0 Å². The van der Waals surface area contributed by atoms with E-state index in [0.29, 0.717) is 29.7 Å². The number of rotatable bonds is 6. The van der Waals surface area contributed by atoms with Crippen molar-refractivity contribution in [3.05, 3.63) is 63.9 Å². The summed E-state index contributed by atoms with van der Waals surface area (Å²) in [5.41, 5.74) is 3.28. The first-order chi connectivity index (χ1) is 12.5. The predicted octanol–water partition coefficient (Wildman–Crippen LogP) is 4.80. The summed E-state index contributed by atoms with van der Waals surface area (Å²) in [6.45, 7) is 2.29. The monoisotopic (exact) mass is 380 g/mol. The number of nitrogens with one attached hydrogen (secondary N) is 2. The van der Waals surface area contributed by atoms with Crippen LogP contribution in [0.2, 0.25) is 0 Å². The topological polar surface area (TPSA) is 50.4 Å². The Morgan fingerprint density at radius 3 is 2.81 bits per heavy atom. The summed E-state index contributed by atoms with van der Waals surface area (Å²) in [7, 11) is 0. The fraction of sp³-hybridized carbons (Fsp3) is 0.316. The molecule has 0 aromatic heterocycles. The SMILES string of the molecule is CC1=CCC=C(Nc2c(C(=O)NOCC3CC3)ccc(F)c2F)C(Cl)=C1. The number of anilines is 1. The van der Waals surface area contributed by atoms with Crippen LogP contribution in [-0.4, -0.2) is 12.5 Å². The smallest absolute Gasteiger partial charge is 0.277 e. The van der Waals surface area contributed by atoms with E-state index in [1.165, 1.54) is 6.07 Å². The zero-order valence-corrected chi connectivity index (χ0v) is 15.0. The van der Waals surface area contributed by atoms with Crippen LogP contribution in [0.25, 0.3) is 0 Å². The molecule has 0 spiro atoms. The van der Waals surface area contributed by atoms with E-state index >= 15 is 0 Å². The minimum Gasteiger partial charge on any atom is -0.351 e. The second-order valence-corrected chi connectivity index (χ2v) is 6.80. The lowest BCUT2D eigenvalue weighted by molar-refractivity contribution is 0.0270. The molecule has 3 rings (SSSR count). The summed E-state index contributed by atoms with van der Waals surface area (Å²) in [6, 6.07) is 2.11. The molecular weight excluding hydrogens is 362 g/mol. The lowest BCUT2D eigenvalue weighted by atomic mass is 10.1. The van der Waals surface area contributed by atoms with E-state index in [9.17, 15) is 13.6 Å². The van der Waals surface area contributed by atoms with E-state index in [4.69, 9.17) is 16.4 Å². The number of carbonyl (C=O) groups excluding carboxylic acids is 1. The third kappa shape index (κ3) is 4.51. The Labute approximate surface area is 155 Å². The number of halogens is 3. The highest BCUT2D eigenvalue weighted by Gasteiger charge is 2.24. The summed E-state index contributed by atoms with van der Waals surface area (Å²) in [5, 5.41) is 3.10. The number of hydrogen-bond acceptors (Lipinski definition) is 3. The van der Waals surface area contributed by atoms with Gasteiger partial charge in [0.2, 0.25) is 0 Å². The molecule has 138 valence electrons. The van der Waals surface area contributed by atoms with E-state index in [1.54, 1.807) is 12.2 Å². The van der Waals surface area contributed by atoms with E-state index in [1.807, 2.05) is 13.0 Å². The van der Waals surface area contributed by atoms with Crippen molar-refractivity contribution >= 4 is 23.2 Å². The number of benzene rings is 1. The number of allylic oxidation sites excluding steroid dienone is 5. The first-order valence-corrected chi connectivity index (χ1v) is 8.75. The highest BCUT2D eigenvalue weighted by atomic mass is 35.5. The average Bonchev–Trinajstić information content (AvgIpc) is 3.42. The molecular formula is C19H19ClF2N2O2. The minimum absolute atomic E-state index is 0.0704. The molecule has 0 unspecified atom stereocenters. The van der Waals surface area contributed by atoms with Crippen LogP contribution >= 0.6 is 11.6 Å². The van der Waals surface area contributed by atoms with Gasteiger partial charge in [-0.1, -0.05) is 29.3 Å². The Bertz CT molecular complexity index is 814. The first kappa shape index (κ1) is 18.6. The van der Waals surface area contributed by atoms with Crippen molar-refractivity contribution in [1.29, 1.82) is 0 Å². The van der Waals surface area contributed by atoms with Gasteiger partial charge >= 0.3 is 0 Å². The first-order valence-electron chi connectivity index (χ1n) is 8.37. The maximum atomic E-state index is 14.4. The Morgan fingerprint density at radius 2 is 2.08 bits per heavy atom. The second-order valence-electron chi connectivity index (χ2n) is 6.39. The van der Waals surface area contributed by atoms with E-state index in [0.717, 1.165) is 24.5 Å². The van der Waals surface area contributed by atoms with E-state index in [2.05, 4.69) is 10.8 Å². The molecule has 1 amide bonds. The van der Waals surface area contributed by atoms with Gasteiger partial charge < -0.3 is 5.32 Å². The van der Waals surface area contributed by atoms with Gasteiger partial charge in [0.1, 0.15) is 0 Å². The quantitative estimate of drug-likeness (QED) is 0.697. The molecule has 0 atom stereocenters. The van der Waals surface area contributed by atoms with Gasteiger partial charge in [0.05, 0.1) is 28.6 Å². The molecule has 0 aliphatic heterocycles. The highest BCUT2D eigenvalue weighted by Crippen LogP contribution is 2.30. The molecule has 2 aliphatic carbocycles. The van der Waals surface area contributed by atoms with Crippen LogP contribution in [0.4, 0.5) is 14.5 Å². The number of carbonyl (C=O) groups is 1. The van der Waals surface area contributed by atoms with Crippen molar-refractivity contribution in [2.75, 3.05) is 11.9 Å². The van der Waals surface area contributed by atoms with E-state index < -0.39 is 17.5 Å². The third-order valence-corrected chi connectivity index (χ3v) is 4.47. The van der Waals surface area contributed by atoms with Gasteiger partial charge in [-0.25, -0.2) is 14.3 Å². The molecule has 7 heteroatoms. The van der Waals surface area contributed by atoms with Crippen LogP contribution in [0.1, 0.15) is 36.5 Å². The van der Waals surface area contributed by atoms with Crippen LogP contribution in [0.3, 0.4) is 0 Å². The van der Waals surface area contributed by atoms with Gasteiger partial charge in [0, 0.05) is 0 Å². The molecule has 4 nitrogen and oxygen atoms in total. The molecule has 0 saturated heterocycles. The van der Waals surface area contributed by atoms with Crippen molar-refractivity contribution in [1.82, 2.24) is 5.48 Å². The summed E-state index contributed by atoms with van der Waals surface area (Å²) in [5.74, 6) is -2.42. The fourth-order valence-electron chi connectivity index (χ4n) is 2.47. The van der Waals surface area contributed by atoms with Crippen molar-refractivity contribution < 1.29 is 18.4 Å². The van der Waals surface area contributed by atoms with Gasteiger partial charge in [-0.2, -0.15) is 0 Å². The number of hydrogen-bond donors (Lipinski definition) is 2. The second kappa shape index (κ2) is 8.01.